The lowest BCUT2D eigenvalue weighted by molar-refractivity contribution is -0.129. The van der Waals surface area contributed by atoms with E-state index in [9.17, 15) is 13.6 Å². The molecule has 0 aromatic rings. The Hall–Kier alpha value is -0.460. The highest BCUT2D eigenvalue weighted by atomic mass is 32.2. The van der Waals surface area contributed by atoms with Crippen molar-refractivity contribution in [2.24, 2.45) is 5.73 Å². The van der Waals surface area contributed by atoms with Crippen molar-refractivity contribution in [3.05, 3.63) is 0 Å². The maximum Gasteiger partial charge on any atom is 0.234 e. The van der Waals surface area contributed by atoms with Gasteiger partial charge in [-0.25, -0.2) is 0 Å². The van der Waals surface area contributed by atoms with Crippen LogP contribution in [0.2, 0.25) is 0 Å². The highest BCUT2D eigenvalue weighted by Gasteiger charge is 2.20. The molecule has 1 amide bonds. The molecule has 1 saturated heterocycles. The van der Waals surface area contributed by atoms with Gasteiger partial charge >= 0.3 is 0 Å². The summed E-state index contributed by atoms with van der Waals surface area (Å²) in [5, 5.41) is 0. The number of amides is 1. The van der Waals surface area contributed by atoms with Gasteiger partial charge < -0.3 is 15.2 Å². The second kappa shape index (κ2) is 4.69. The number of piperidine rings is 1. The Morgan fingerprint density at radius 2 is 2.38 bits per heavy atom. The van der Waals surface area contributed by atoms with Crippen LogP contribution in [0.15, 0.2) is 0 Å². The minimum atomic E-state index is -2.29. The highest BCUT2D eigenvalue weighted by Crippen LogP contribution is 2.08. The molecule has 0 bridgehead atoms. The third kappa shape index (κ3) is 3.41. The second-order valence-electron chi connectivity index (χ2n) is 3.19. The van der Waals surface area contributed by atoms with Crippen molar-refractivity contribution in [1.29, 1.82) is 0 Å². The summed E-state index contributed by atoms with van der Waals surface area (Å²) in [6.07, 6.45) is 1.77. The molecular weight excluding hydrogens is 192 g/mol. The molecule has 1 aliphatic heterocycles. The molecule has 13 heavy (non-hydrogen) atoms. The molecule has 0 radical (unpaired) electrons. The number of hydrogen-bond acceptors (Lipinski definition) is 4. The van der Waals surface area contributed by atoms with E-state index in [0.717, 1.165) is 12.8 Å². The molecule has 1 aliphatic rings. The summed E-state index contributed by atoms with van der Waals surface area (Å²) in [4.78, 5) is 12.7. The fraction of sp³-hybridized carbons (Fsp3) is 0.857. The van der Waals surface area contributed by atoms with Crippen LogP contribution in [0, 0.1) is 0 Å². The lowest BCUT2D eigenvalue weighted by Gasteiger charge is -2.30. The van der Waals surface area contributed by atoms with Gasteiger partial charge in [-0.15, -0.1) is 0 Å². The zero-order valence-electron chi connectivity index (χ0n) is 7.27. The minimum absolute atomic E-state index is 0.00205. The molecule has 1 fully saturated rings. The van der Waals surface area contributed by atoms with Gasteiger partial charge in [0.2, 0.25) is 5.91 Å². The van der Waals surface area contributed by atoms with E-state index in [1.54, 1.807) is 0 Å². The predicted molar refractivity (Wildman–Crippen MR) is 47.6 cm³/mol. The Bertz CT molecular complexity index is 222. The predicted octanol–water partition coefficient (Wildman–Crippen LogP) is -1.18. The molecule has 0 saturated carbocycles. The van der Waals surface area contributed by atoms with Gasteiger partial charge in [-0.1, -0.05) is 0 Å². The van der Waals surface area contributed by atoms with Crippen molar-refractivity contribution >= 4 is 17.0 Å². The standard InChI is InChI=1S/C7H14N2O3S/c8-6-2-1-3-9(4-6)7(10)5-13(11)12/h6H,1-5,8H2,(H,11,12)/p-1. The van der Waals surface area contributed by atoms with Gasteiger partial charge in [0.15, 0.2) is 0 Å². The molecule has 0 aromatic carbocycles. The minimum Gasteiger partial charge on any atom is -0.772 e. The summed E-state index contributed by atoms with van der Waals surface area (Å²) in [5.74, 6) is -0.768. The Morgan fingerprint density at radius 1 is 1.69 bits per heavy atom. The third-order valence-electron chi connectivity index (χ3n) is 2.05. The van der Waals surface area contributed by atoms with Gasteiger partial charge in [0.25, 0.3) is 0 Å². The molecule has 6 heteroatoms. The Kier molecular flexibility index (Phi) is 3.83. The first kappa shape index (κ1) is 10.6. The van der Waals surface area contributed by atoms with E-state index in [0.29, 0.717) is 13.1 Å². The topological polar surface area (TPSA) is 86.5 Å². The van der Waals surface area contributed by atoms with Crippen LogP contribution in [-0.4, -0.2) is 44.5 Å². The van der Waals surface area contributed by atoms with Crippen molar-refractivity contribution in [3.8, 4) is 0 Å². The van der Waals surface area contributed by atoms with Crippen molar-refractivity contribution in [2.75, 3.05) is 18.8 Å². The SMILES string of the molecule is NC1CCCN(C(=O)CS(=O)[O-])C1. The maximum atomic E-state index is 11.2. The first-order chi connectivity index (χ1) is 6.09. The van der Waals surface area contributed by atoms with E-state index in [1.165, 1.54) is 4.90 Å². The van der Waals surface area contributed by atoms with Crippen molar-refractivity contribution in [2.45, 2.75) is 18.9 Å². The number of nitrogens with zero attached hydrogens (tertiary/aromatic N) is 1. The normalized spacial score (nSPS) is 25.7. The van der Waals surface area contributed by atoms with Gasteiger partial charge in [0.05, 0.1) is 5.75 Å². The zero-order valence-corrected chi connectivity index (χ0v) is 8.09. The molecule has 76 valence electrons. The Morgan fingerprint density at radius 3 is 2.92 bits per heavy atom. The highest BCUT2D eigenvalue weighted by molar-refractivity contribution is 7.79. The summed E-state index contributed by atoms with van der Waals surface area (Å²) in [5.41, 5.74) is 5.65. The van der Waals surface area contributed by atoms with Crippen LogP contribution in [-0.2, 0) is 15.9 Å². The molecular formula is C7H13N2O3S-. The summed E-state index contributed by atoms with van der Waals surface area (Å²) in [6, 6.07) is -0.00205. The fourth-order valence-corrected chi connectivity index (χ4v) is 1.81. The van der Waals surface area contributed by atoms with Gasteiger partial charge in [-0.05, 0) is 23.9 Å². The summed E-state index contributed by atoms with van der Waals surface area (Å²) in [6.45, 7) is 1.11. The number of rotatable bonds is 2. The lowest BCUT2D eigenvalue weighted by Crippen LogP contribution is -2.47. The Labute approximate surface area is 79.6 Å². The van der Waals surface area contributed by atoms with Gasteiger partial charge in [-0.3, -0.25) is 9.00 Å². The molecule has 1 rings (SSSR count). The number of likely N-dealkylation sites (tertiary alicyclic amines) is 1. The van der Waals surface area contributed by atoms with Crippen LogP contribution >= 0.6 is 0 Å². The summed E-state index contributed by atoms with van der Waals surface area (Å²) >= 11 is -2.29. The van der Waals surface area contributed by atoms with Crippen molar-refractivity contribution in [1.82, 2.24) is 4.90 Å². The third-order valence-corrected chi connectivity index (χ3v) is 2.53. The molecule has 1 heterocycles. The average molecular weight is 205 g/mol. The maximum absolute atomic E-state index is 11.2. The lowest BCUT2D eigenvalue weighted by atomic mass is 10.1. The molecule has 2 unspecified atom stereocenters. The van der Waals surface area contributed by atoms with Gasteiger partial charge in [0.1, 0.15) is 0 Å². The largest absolute Gasteiger partial charge is 0.772 e. The van der Waals surface area contributed by atoms with Gasteiger partial charge in [0, 0.05) is 19.1 Å². The van der Waals surface area contributed by atoms with Crippen LogP contribution in [0.1, 0.15) is 12.8 Å². The first-order valence-corrected chi connectivity index (χ1v) is 5.43. The van der Waals surface area contributed by atoms with E-state index in [-0.39, 0.29) is 11.9 Å². The van der Waals surface area contributed by atoms with Gasteiger partial charge in [-0.2, -0.15) is 0 Å². The molecule has 2 N–H and O–H groups in total. The smallest absolute Gasteiger partial charge is 0.234 e. The second-order valence-corrected chi connectivity index (χ2v) is 4.09. The molecule has 0 aliphatic carbocycles. The number of carbonyl (C=O) groups excluding carboxylic acids is 1. The monoisotopic (exact) mass is 205 g/mol. The van der Waals surface area contributed by atoms with Crippen LogP contribution < -0.4 is 5.73 Å². The van der Waals surface area contributed by atoms with E-state index in [2.05, 4.69) is 0 Å². The van der Waals surface area contributed by atoms with Crippen LogP contribution in [0.25, 0.3) is 0 Å². The summed E-state index contributed by atoms with van der Waals surface area (Å²) in [7, 11) is 0. The average Bonchev–Trinajstić information content (AvgIpc) is 2.03. The van der Waals surface area contributed by atoms with Crippen LogP contribution in [0.5, 0.6) is 0 Å². The first-order valence-electron chi connectivity index (χ1n) is 4.19. The zero-order chi connectivity index (χ0) is 9.84. The number of hydrogen-bond donors (Lipinski definition) is 1. The molecule has 2 atom stereocenters. The van der Waals surface area contributed by atoms with E-state index in [4.69, 9.17) is 5.73 Å². The molecule has 5 nitrogen and oxygen atoms in total. The summed E-state index contributed by atoms with van der Waals surface area (Å²) < 4.78 is 20.5. The molecule has 0 spiro atoms. The van der Waals surface area contributed by atoms with Crippen LogP contribution in [0.4, 0.5) is 0 Å². The fourth-order valence-electron chi connectivity index (χ4n) is 1.43. The quantitative estimate of drug-likeness (QED) is 0.575. The number of nitrogens with two attached hydrogens (primary N) is 1. The van der Waals surface area contributed by atoms with Crippen molar-refractivity contribution < 1.29 is 13.6 Å². The van der Waals surface area contributed by atoms with E-state index >= 15 is 0 Å². The van der Waals surface area contributed by atoms with E-state index in [1.807, 2.05) is 0 Å². The van der Waals surface area contributed by atoms with E-state index < -0.39 is 16.8 Å². The number of carbonyl (C=O) groups is 1. The Balaban J connectivity index is 2.41. The van der Waals surface area contributed by atoms with Crippen LogP contribution in [0.3, 0.4) is 0 Å². The van der Waals surface area contributed by atoms with Crippen molar-refractivity contribution in [3.63, 3.8) is 0 Å². The molecule has 0 aromatic heterocycles.